The van der Waals surface area contributed by atoms with Crippen molar-refractivity contribution in [2.24, 2.45) is 0 Å². The molecule has 0 amide bonds. The minimum Gasteiger partial charge on any atom is -0.497 e. The highest BCUT2D eigenvalue weighted by Gasteiger charge is 2.19. The number of hydrogen-bond acceptors (Lipinski definition) is 7. The van der Waals surface area contributed by atoms with Crippen LogP contribution in [0.5, 0.6) is 5.75 Å². The van der Waals surface area contributed by atoms with Gasteiger partial charge in [-0.25, -0.2) is 0 Å². The van der Waals surface area contributed by atoms with Crippen molar-refractivity contribution in [2.45, 2.75) is 13.1 Å². The third-order valence-corrected chi connectivity index (χ3v) is 4.77. The van der Waals surface area contributed by atoms with Crippen molar-refractivity contribution >= 4 is 0 Å². The van der Waals surface area contributed by atoms with Crippen molar-refractivity contribution in [1.29, 1.82) is 0 Å². The molecule has 0 N–H and O–H groups in total. The standard InChI is InChI=1S/C20H23N5O2/c1-26-18-6-4-17(5-7-18)20-22-19(27-23-20)15-25-11-9-24(10-12-25)14-16-3-2-8-21-13-16/h2-8,13H,9-12,14-15H2,1H3. The van der Waals surface area contributed by atoms with E-state index in [2.05, 4.69) is 31.0 Å². The van der Waals surface area contributed by atoms with Crippen molar-refractivity contribution in [3.8, 4) is 17.1 Å². The highest BCUT2D eigenvalue weighted by atomic mass is 16.5. The van der Waals surface area contributed by atoms with E-state index in [1.807, 2.05) is 42.7 Å². The van der Waals surface area contributed by atoms with Crippen molar-refractivity contribution in [2.75, 3.05) is 33.3 Å². The summed E-state index contributed by atoms with van der Waals surface area (Å²) < 4.78 is 10.6. The summed E-state index contributed by atoms with van der Waals surface area (Å²) in [6.07, 6.45) is 3.75. The summed E-state index contributed by atoms with van der Waals surface area (Å²) in [4.78, 5) is 13.5. The molecule has 1 aromatic carbocycles. The summed E-state index contributed by atoms with van der Waals surface area (Å²) >= 11 is 0. The Labute approximate surface area is 158 Å². The SMILES string of the molecule is COc1ccc(-c2noc(CN3CCN(Cc4cccnc4)CC3)n2)cc1. The van der Waals surface area contributed by atoms with Crippen LogP contribution in [-0.4, -0.2) is 58.2 Å². The van der Waals surface area contributed by atoms with E-state index in [-0.39, 0.29) is 0 Å². The number of aromatic nitrogens is 3. The molecule has 2 aromatic heterocycles. The average Bonchev–Trinajstić information content (AvgIpc) is 3.19. The molecule has 0 saturated carbocycles. The molecule has 4 rings (SSSR count). The maximum absolute atomic E-state index is 5.44. The molecular formula is C20H23N5O2. The topological polar surface area (TPSA) is 67.5 Å². The second kappa shape index (κ2) is 8.28. The first-order chi connectivity index (χ1) is 13.3. The lowest BCUT2D eigenvalue weighted by Gasteiger charge is -2.33. The fourth-order valence-electron chi connectivity index (χ4n) is 3.22. The number of piperazine rings is 1. The number of nitrogens with zero attached hydrogens (tertiary/aromatic N) is 5. The van der Waals surface area contributed by atoms with Gasteiger partial charge < -0.3 is 9.26 Å². The molecule has 0 atom stereocenters. The molecule has 3 heterocycles. The van der Waals surface area contributed by atoms with Gasteiger partial charge in [-0.15, -0.1) is 0 Å². The Morgan fingerprint density at radius 1 is 1.00 bits per heavy atom. The van der Waals surface area contributed by atoms with Crippen LogP contribution in [0.3, 0.4) is 0 Å². The molecule has 27 heavy (non-hydrogen) atoms. The van der Waals surface area contributed by atoms with Gasteiger partial charge in [-0.2, -0.15) is 4.98 Å². The Balaban J connectivity index is 1.30. The van der Waals surface area contributed by atoms with E-state index in [1.54, 1.807) is 7.11 Å². The second-order valence-electron chi connectivity index (χ2n) is 6.65. The lowest BCUT2D eigenvalue weighted by atomic mass is 10.2. The summed E-state index contributed by atoms with van der Waals surface area (Å²) in [5.41, 5.74) is 2.18. The molecule has 0 aliphatic carbocycles. The third-order valence-electron chi connectivity index (χ3n) is 4.77. The van der Waals surface area contributed by atoms with Gasteiger partial charge >= 0.3 is 0 Å². The molecule has 1 fully saturated rings. The van der Waals surface area contributed by atoms with Gasteiger partial charge in [-0.1, -0.05) is 11.2 Å². The first-order valence-electron chi connectivity index (χ1n) is 9.11. The van der Waals surface area contributed by atoms with Crippen LogP contribution in [0.25, 0.3) is 11.4 Å². The Morgan fingerprint density at radius 2 is 1.74 bits per heavy atom. The van der Waals surface area contributed by atoms with Crippen LogP contribution in [0.15, 0.2) is 53.3 Å². The fraction of sp³-hybridized carbons (Fsp3) is 0.350. The average molecular weight is 365 g/mol. The van der Waals surface area contributed by atoms with Gasteiger partial charge in [-0.05, 0) is 35.9 Å². The number of methoxy groups -OCH3 is 1. The van der Waals surface area contributed by atoms with Gasteiger partial charge in [0.25, 0.3) is 0 Å². The third kappa shape index (κ3) is 4.50. The van der Waals surface area contributed by atoms with Crippen LogP contribution in [0.1, 0.15) is 11.5 Å². The van der Waals surface area contributed by atoms with Crippen LogP contribution < -0.4 is 4.74 Å². The minimum atomic E-state index is 0.614. The smallest absolute Gasteiger partial charge is 0.241 e. The number of benzene rings is 1. The molecule has 0 spiro atoms. The summed E-state index contributed by atoms with van der Waals surface area (Å²) in [6.45, 7) is 5.65. The Morgan fingerprint density at radius 3 is 2.41 bits per heavy atom. The Bertz CT molecular complexity index is 842. The normalized spacial score (nSPS) is 15.7. The van der Waals surface area contributed by atoms with Crippen molar-refractivity contribution in [3.05, 3.63) is 60.2 Å². The number of rotatable bonds is 6. The van der Waals surface area contributed by atoms with Crippen LogP contribution in [0.4, 0.5) is 0 Å². The summed E-state index contributed by atoms with van der Waals surface area (Å²) in [7, 11) is 1.65. The highest BCUT2D eigenvalue weighted by molar-refractivity contribution is 5.55. The van der Waals surface area contributed by atoms with Crippen molar-refractivity contribution in [1.82, 2.24) is 24.9 Å². The minimum absolute atomic E-state index is 0.614. The molecule has 0 bridgehead atoms. The molecule has 140 valence electrons. The van der Waals surface area contributed by atoms with Crippen molar-refractivity contribution < 1.29 is 9.26 Å². The van der Waals surface area contributed by atoms with E-state index in [0.29, 0.717) is 18.3 Å². The molecule has 1 aliphatic rings. The van der Waals surface area contributed by atoms with Gasteiger partial charge in [0.2, 0.25) is 11.7 Å². The largest absolute Gasteiger partial charge is 0.497 e. The van der Waals surface area contributed by atoms with E-state index in [9.17, 15) is 0 Å². The Hall–Kier alpha value is -2.77. The first kappa shape index (κ1) is 17.6. The monoisotopic (exact) mass is 365 g/mol. The summed E-state index contributed by atoms with van der Waals surface area (Å²) in [6, 6.07) is 11.8. The van der Waals surface area contributed by atoms with Gasteiger partial charge in [0.1, 0.15) is 5.75 Å². The molecule has 7 heteroatoms. The number of pyridine rings is 1. The van der Waals surface area contributed by atoms with E-state index in [0.717, 1.165) is 44.0 Å². The quantitative estimate of drug-likeness (QED) is 0.665. The fourth-order valence-corrected chi connectivity index (χ4v) is 3.22. The first-order valence-corrected chi connectivity index (χ1v) is 9.11. The molecule has 7 nitrogen and oxygen atoms in total. The van der Waals surface area contributed by atoms with Crippen LogP contribution in [-0.2, 0) is 13.1 Å². The van der Waals surface area contributed by atoms with Crippen LogP contribution in [0, 0.1) is 0 Å². The summed E-state index contributed by atoms with van der Waals surface area (Å²) in [5.74, 6) is 2.08. The van der Waals surface area contributed by atoms with Gasteiger partial charge in [0, 0.05) is 50.7 Å². The Kier molecular flexibility index (Phi) is 5.41. The predicted molar refractivity (Wildman–Crippen MR) is 101 cm³/mol. The van der Waals surface area contributed by atoms with Gasteiger partial charge in [-0.3, -0.25) is 14.8 Å². The van der Waals surface area contributed by atoms with E-state index < -0.39 is 0 Å². The second-order valence-corrected chi connectivity index (χ2v) is 6.65. The zero-order valence-electron chi connectivity index (χ0n) is 15.4. The molecule has 3 aromatic rings. The molecule has 1 aliphatic heterocycles. The molecule has 1 saturated heterocycles. The molecule has 0 unspecified atom stereocenters. The van der Waals surface area contributed by atoms with Gasteiger partial charge in [0.15, 0.2) is 0 Å². The molecule has 0 radical (unpaired) electrons. The molecular weight excluding hydrogens is 342 g/mol. The highest BCUT2D eigenvalue weighted by Crippen LogP contribution is 2.20. The number of ether oxygens (including phenoxy) is 1. The lowest BCUT2D eigenvalue weighted by Crippen LogP contribution is -2.45. The zero-order valence-corrected chi connectivity index (χ0v) is 15.4. The maximum atomic E-state index is 5.44. The lowest BCUT2D eigenvalue weighted by molar-refractivity contribution is 0.112. The maximum Gasteiger partial charge on any atom is 0.241 e. The van der Waals surface area contributed by atoms with Gasteiger partial charge in [0.05, 0.1) is 13.7 Å². The van der Waals surface area contributed by atoms with E-state index in [1.165, 1.54) is 5.56 Å². The predicted octanol–water partition coefficient (Wildman–Crippen LogP) is 2.46. The van der Waals surface area contributed by atoms with E-state index >= 15 is 0 Å². The summed E-state index contributed by atoms with van der Waals surface area (Å²) in [5, 5.41) is 4.11. The van der Waals surface area contributed by atoms with Crippen LogP contribution >= 0.6 is 0 Å². The number of hydrogen-bond donors (Lipinski definition) is 0. The zero-order chi connectivity index (χ0) is 18.5. The van der Waals surface area contributed by atoms with Crippen LogP contribution in [0.2, 0.25) is 0 Å². The van der Waals surface area contributed by atoms with Crippen molar-refractivity contribution in [3.63, 3.8) is 0 Å². The van der Waals surface area contributed by atoms with E-state index in [4.69, 9.17) is 9.26 Å².